The zero-order valence-electron chi connectivity index (χ0n) is 15.3. The minimum atomic E-state index is -0.211. The third-order valence-electron chi connectivity index (χ3n) is 4.42. The highest BCUT2D eigenvalue weighted by atomic mass is 19.1. The van der Waals surface area contributed by atoms with E-state index in [4.69, 9.17) is 0 Å². The molecule has 1 aliphatic heterocycles. The molecule has 2 aromatic rings. The molecule has 26 heavy (non-hydrogen) atoms. The molecule has 0 atom stereocenters. The first-order valence-electron chi connectivity index (χ1n) is 9.02. The molecule has 0 radical (unpaired) electrons. The summed E-state index contributed by atoms with van der Waals surface area (Å²) in [6, 6.07) is 10.5. The summed E-state index contributed by atoms with van der Waals surface area (Å²) < 4.78 is 13.0. The normalized spacial score (nSPS) is 14.6. The van der Waals surface area contributed by atoms with E-state index in [-0.39, 0.29) is 11.7 Å². The Bertz CT molecular complexity index is 722. The standard InChI is InChI=1S/C20H25FN4O/c1-15(2)13-20(26)23-17-5-8-19(22-14-17)25-11-9-24(10-12-25)18-6-3-16(21)4-7-18/h3-8,14-15H,9-13H2,1-2H3,(H,23,26). The van der Waals surface area contributed by atoms with Gasteiger partial charge < -0.3 is 15.1 Å². The number of rotatable bonds is 5. The van der Waals surface area contributed by atoms with Crippen molar-refractivity contribution in [1.82, 2.24) is 4.98 Å². The van der Waals surface area contributed by atoms with Gasteiger partial charge in [0, 0.05) is 38.3 Å². The summed E-state index contributed by atoms with van der Waals surface area (Å²) in [5, 5.41) is 2.88. The van der Waals surface area contributed by atoms with Crippen LogP contribution < -0.4 is 15.1 Å². The number of hydrogen-bond acceptors (Lipinski definition) is 4. The Morgan fingerprint density at radius 1 is 1.08 bits per heavy atom. The lowest BCUT2D eigenvalue weighted by Gasteiger charge is -2.36. The molecule has 3 rings (SSSR count). The Morgan fingerprint density at radius 3 is 2.31 bits per heavy atom. The Kier molecular flexibility index (Phi) is 5.71. The maximum atomic E-state index is 13.0. The van der Waals surface area contributed by atoms with Gasteiger partial charge in [0.05, 0.1) is 11.9 Å². The second kappa shape index (κ2) is 8.17. The molecule has 1 aromatic heterocycles. The topological polar surface area (TPSA) is 48.5 Å². The van der Waals surface area contributed by atoms with E-state index in [1.54, 1.807) is 6.20 Å². The van der Waals surface area contributed by atoms with Crippen LogP contribution in [0.15, 0.2) is 42.6 Å². The van der Waals surface area contributed by atoms with Crippen LogP contribution in [0.4, 0.5) is 21.6 Å². The van der Waals surface area contributed by atoms with E-state index in [9.17, 15) is 9.18 Å². The molecule has 138 valence electrons. The van der Waals surface area contributed by atoms with Gasteiger partial charge in [-0.25, -0.2) is 9.37 Å². The van der Waals surface area contributed by atoms with Crippen molar-refractivity contribution in [1.29, 1.82) is 0 Å². The summed E-state index contributed by atoms with van der Waals surface area (Å²) >= 11 is 0. The van der Waals surface area contributed by atoms with Crippen molar-refractivity contribution < 1.29 is 9.18 Å². The molecule has 0 bridgehead atoms. The van der Waals surface area contributed by atoms with Crippen molar-refractivity contribution in [2.24, 2.45) is 5.92 Å². The van der Waals surface area contributed by atoms with Crippen LogP contribution in [0, 0.1) is 11.7 Å². The third-order valence-corrected chi connectivity index (χ3v) is 4.42. The van der Waals surface area contributed by atoms with Crippen LogP contribution in [0.5, 0.6) is 0 Å². The van der Waals surface area contributed by atoms with E-state index in [1.165, 1.54) is 12.1 Å². The second-order valence-corrected chi connectivity index (χ2v) is 7.00. The quantitative estimate of drug-likeness (QED) is 0.890. The summed E-state index contributed by atoms with van der Waals surface area (Å²) in [5.74, 6) is 1.05. The van der Waals surface area contributed by atoms with Crippen LogP contribution >= 0.6 is 0 Å². The summed E-state index contributed by atoms with van der Waals surface area (Å²) in [4.78, 5) is 20.8. The maximum Gasteiger partial charge on any atom is 0.224 e. The van der Waals surface area contributed by atoms with E-state index in [1.807, 2.05) is 38.1 Å². The number of aromatic nitrogens is 1. The van der Waals surface area contributed by atoms with Crippen molar-refractivity contribution in [3.05, 3.63) is 48.4 Å². The Balaban J connectivity index is 1.54. The number of nitrogens with one attached hydrogen (secondary N) is 1. The van der Waals surface area contributed by atoms with Crippen molar-refractivity contribution in [3.63, 3.8) is 0 Å². The maximum absolute atomic E-state index is 13.0. The number of piperazine rings is 1. The predicted octanol–water partition coefficient (Wildman–Crippen LogP) is 3.53. The Labute approximate surface area is 153 Å². The zero-order valence-corrected chi connectivity index (χ0v) is 15.3. The van der Waals surface area contributed by atoms with Gasteiger partial charge >= 0.3 is 0 Å². The molecule has 1 saturated heterocycles. The average Bonchev–Trinajstić information content (AvgIpc) is 2.62. The molecule has 1 amide bonds. The molecule has 1 N–H and O–H groups in total. The van der Waals surface area contributed by atoms with Crippen molar-refractivity contribution in [3.8, 4) is 0 Å². The molecule has 0 spiro atoms. The van der Waals surface area contributed by atoms with Gasteiger partial charge in [0.15, 0.2) is 0 Å². The van der Waals surface area contributed by atoms with Gasteiger partial charge in [-0.05, 0) is 42.3 Å². The van der Waals surface area contributed by atoms with E-state index >= 15 is 0 Å². The number of nitrogens with zero attached hydrogens (tertiary/aromatic N) is 3. The SMILES string of the molecule is CC(C)CC(=O)Nc1ccc(N2CCN(c3ccc(F)cc3)CC2)nc1. The van der Waals surface area contributed by atoms with Crippen LogP contribution in [-0.2, 0) is 4.79 Å². The molecule has 1 aromatic carbocycles. The minimum absolute atomic E-state index is 0.0162. The fraction of sp³-hybridized carbons (Fsp3) is 0.400. The first-order chi connectivity index (χ1) is 12.5. The highest BCUT2D eigenvalue weighted by Gasteiger charge is 2.18. The van der Waals surface area contributed by atoms with Crippen LogP contribution in [0.3, 0.4) is 0 Å². The highest BCUT2D eigenvalue weighted by Crippen LogP contribution is 2.20. The number of carbonyl (C=O) groups excluding carboxylic acids is 1. The second-order valence-electron chi connectivity index (χ2n) is 7.00. The van der Waals surface area contributed by atoms with Crippen LogP contribution in [0.2, 0.25) is 0 Å². The molecule has 1 fully saturated rings. The first-order valence-corrected chi connectivity index (χ1v) is 9.02. The molecule has 1 aliphatic rings. The van der Waals surface area contributed by atoms with Gasteiger partial charge in [0.1, 0.15) is 11.6 Å². The fourth-order valence-corrected chi connectivity index (χ4v) is 3.08. The monoisotopic (exact) mass is 356 g/mol. The first kappa shape index (κ1) is 18.2. The van der Waals surface area contributed by atoms with Gasteiger partial charge in [0.25, 0.3) is 0 Å². The van der Waals surface area contributed by atoms with Gasteiger partial charge in [-0.1, -0.05) is 13.8 Å². The lowest BCUT2D eigenvalue weighted by Crippen LogP contribution is -2.46. The number of carbonyl (C=O) groups is 1. The molecule has 0 aliphatic carbocycles. The van der Waals surface area contributed by atoms with E-state index in [0.29, 0.717) is 12.3 Å². The molecule has 2 heterocycles. The largest absolute Gasteiger partial charge is 0.368 e. The van der Waals surface area contributed by atoms with Gasteiger partial charge in [0.2, 0.25) is 5.91 Å². The fourth-order valence-electron chi connectivity index (χ4n) is 3.08. The average molecular weight is 356 g/mol. The molecule has 5 nitrogen and oxygen atoms in total. The van der Waals surface area contributed by atoms with Crippen LogP contribution in [0.1, 0.15) is 20.3 Å². The Hall–Kier alpha value is -2.63. The molecular formula is C20H25FN4O. The van der Waals surface area contributed by atoms with E-state index < -0.39 is 0 Å². The van der Waals surface area contributed by atoms with Gasteiger partial charge in [-0.2, -0.15) is 0 Å². The summed E-state index contributed by atoms with van der Waals surface area (Å²) in [6.45, 7) is 7.46. The summed E-state index contributed by atoms with van der Waals surface area (Å²) in [7, 11) is 0. The van der Waals surface area contributed by atoms with Crippen molar-refractivity contribution in [2.75, 3.05) is 41.3 Å². The molecule has 6 heteroatoms. The Morgan fingerprint density at radius 2 is 1.73 bits per heavy atom. The van der Waals surface area contributed by atoms with E-state index in [2.05, 4.69) is 20.1 Å². The van der Waals surface area contributed by atoms with Crippen molar-refractivity contribution in [2.45, 2.75) is 20.3 Å². The number of benzene rings is 1. The summed E-state index contributed by atoms with van der Waals surface area (Å²) in [5.41, 5.74) is 1.77. The van der Waals surface area contributed by atoms with Gasteiger partial charge in [-0.3, -0.25) is 4.79 Å². The van der Waals surface area contributed by atoms with E-state index in [0.717, 1.165) is 43.4 Å². The smallest absolute Gasteiger partial charge is 0.224 e. The molecule has 0 unspecified atom stereocenters. The van der Waals surface area contributed by atoms with Crippen molar-refractivity contribution >= 4 is 23.1 Å². The van der Waals surface area contributed by atoms with Crippen LogP contribution in [0.25, 0.3) is 0 Å². The van der Waals surface area contributed by atoms with Gasteiger partial charge in [-0.15, -0.1) is 0 Å². The molecular weight excluding hydrogens is 331 g/mol. The minimum Gasteiger partial charge on any atom is -0.368 e. The number of halogens is 1. The van der Waals surface area contributed by atoms with Crippen LogP contribution in [-0.4, -0.2) is 37.1 Å². The number of hydrogen-bond donors (Lipinski definition) is 1. The lowest BCUT2D eigenvalue weighted by molar-refractivity contribution is -0.116. The number of anilines is 3. The predicted molar refractivity (Wildman–Crippen MR) is 103 cm³/mol. The zero-order chi connectivity index (χ0) is 18.5. The third kappa shape index (κ3) is 4.71. The molecule has 0 saturated carbocycles. The highest BCUT2D eigenvalue weighted by molar-refractivity contribution is 5.90. The summed E-state index contributed by atoms with van der Waals surface area (Å²) in [6.07, 6.45) is 2.22. The lowest BCUT2D eigenvalue weighted by atomic mass is 10.1. The number of pyridine rings is 1. The number of amides is 1.